The summed E-state index contributed by atoms with van der Waals surface area (Å²) in [6.45, 7) is 3.58. The third kappa shape index (κ3) is 2.66. The van der Waals surface area contributed by atoms with Crippen molar-refractivity contribution in [2.24, 2.45) is 0 Å². The average Bonchev–Trinajstić information content (AvgIpc) is 3.28. The van der Waals surface area contributed by atoms with E-state index in [1.165, 1.54) is 0 Å². The molecule has 1 saturated carbocycles. The van der Waals surface area contributed by atoms with Crippen LogP contribution in [0.2, 0.25) is 0 Å². The molecule has 1 aliphatic carbocycles. The molecule has 2 aliphatic heterocycles. The van der Waals surface area contributed by atoms with Crippen LogP contribution >= 0.6 is 11.3 Å². The zero-order chi connectivity index (χ0) is 20.5. The molecule has 8 heteroatoms. The lowest BCUT2D eigenvalue weighted by Gasteiger charge is -2.52. The zero-order valence-corrected chi connectivity index (χ0v) is 17.7. The Morgan fingerprint density at radius 1 is 1.27 bits per heavy atom. The summed E-state index contributed by atoms with van der Waals surface area (Å²) < 4.78 is 16.4. The number of aromatic nitrogens is 3. The van der Waals surface area contributed by atoms with Crippen molar-refractivity contribution in [2.45, 2.75) is 56.8 Å². The van der Waals surface area contributed by atoms with Gasteiger partial charge in [0, 0.05) is 23.7 Å². The Morgan fingerprint density at radius 2 is 2.13 bits per heavy atom. The van der Waals surface area contributed by atoms with Crippen molar-refractivity contribution in [3.63, 3.8) is 0 Å². The largest absolute Gasteiger partial charge is 0.507 e. The third-order valence-electron chi connectivity index (χ3n) is 7.06. The molecular weight excluding hydrogens is 401 g/mol. The van der Waals surface area contributed by atoms with Crippen molar-refractivity contribution >= 4 is 27.4 Å². The SMILES string of the molecule is Cc1nc2cc(-c3cc4c(nn3)N([C@H]3CCNC5(CCC5)[C@H]3F)CC4)c(O)cc2s1. The highest BCUT2D eigenvalue weighted by molar-refractivity contribution is 7.18. The molecule has 30 heavy (non-hydrogen) atoms. The fourth-order valence-electron chi connectivity index (χ4n) is 5.34. The monoisotopic (exact) mass is 425 g/mol. The van der Waals surface area contributed by atoms with E-state index < -0.39 is 6.17 Å². The molecule has 1 saturated heterocycles. The quantitative estimate of drug-likeness (QED) is 0.651. The summed E-state index contributed by atoms with van der Waals surface area (Å²) in [5, 5.41) is 23.9. The Labute approximate surface area is 178 Å². The Morgan fingerprint density at radius 3 is 2.93 bits per heavy atom. The Balaban J connectivity index is 1.33. The van der Waals surface area contributed by atoms with Crippen molar-refractivity contribution in [3.8, 4) is 17.0 Å². The van der Waals surface area contributed by atoms with Crippen LogP contribution in [0.4, 0.5) is 10.2 Å². The van der Waals surface area contributed by atoms with Crippen LogP contribution in [-0.4, -0.2) is 51.1 Å². The summed E-state index contributed by atoms with van der Waals surface area (Å²) in [7, 11) is 0. The summed E-state index contributed by atoms with van der Waals surface area (Å²) in [5.41, 5.74) is 2.88. The van der Waals surface area contributed by atoms with Gasteiger partial charge in [-0.2, -0.15) is 0 Å². The van der Waals surface area contributed by atoms with Crippen molar-refractivity contribution in [1.82, 2.24) is 20.5 Å². The van der Waals surface area contributed by atoms with E-state index in [1.807, 2.05) is 19.1 Å². The second-order valence-corrected chi connectivity index (χ2v) is 10.0. The predicted molar refractivity (Wildman–Crippen MR) is 116 cm³/mol. The van der Waals surface area contributed by atoms with Gasteiger partial charge in [0.05, 0.1) is 32.5 Å². The van der Waals surface area contributed by atoms with Crippen LogP contribution in [0, 0.1) is 6.92 Å². The maximum Gasteiger partial charge on any atom is 0.154 e. The molecule has 1 aromatic carbocycles. The highest BCUT2D eigenvalue weighted by Gasteiger charge is 2.52. The number of anilines is 1. The molecule has 2 atom stereocenters. The van der Waals surface area contributed by atoms with E-state index in [0.29, 0.717) is 11.3 Å². The van der Waals surface area contributed by atoms with Gasteiger partial charge in [-0.05, 0) is 57.7 Å². The van der Waals surface area contributed by atoms with Gasteiger partial charge in [-0.15, -0.1) is 21.5 Å². The Kier molecular flexibility index (Phi) is 4.05. The lowest BCUT2D eigenvalue weighted by atomic mass is 9.68. The lowest BCUT2D eigenvalue weighted by Crippen LogP contribution is -2.68. The van der Waals surface area contributed by atoms with Gasteiger partial charge < -0.3 is 15.3 Å². The number of phenolic OH excluding ortho intramolecular Hbond substituents is 1. The highest BCUT2D eigenvalue weighted by Crippen LogP contribution is 2.44. The molecule has 1 spiro atoms. The van der Waals surface area contributed by atoms with E-state index in [0.717, 1.165) is 71.8 Å². The van der Waals surface area contributed by atoms with Gasteiger partial charge in [0.15, 0.2) is 5.82 Å². The standard InChI is InChI=1S/C22H24FN5OS/c1-12-25-16-10-14(18(29)11-19(16)30-12)15-9-13-4-8-28(21(13)27-26-15)17-3-7-24-22(20(17)23)5-2-6-22/h9-11,17,20,24,29H,2-8H2,1H3/t17-,20-/m0/s1. The molecule has 3 aromatic rings. The molecule has 6 nitrogen and oxygen atoms in total. The molecule has 6 rings (SSSR count). The Hall–Kier alpha value is -2.32. The fourth-order valence-corrected chi connectivity index (χ4v) is 6.18. The summed E-state index contributed by atoms with van der Waals surface area (Å²) >= 11 is 1.56. The number of halogens is 1. The number of alkyl halides is 1. The average molecular weight is 426 g/mol. The number of thiazole rings is 1. The first-order valence-corrected chi connectivity index (χ1v) is 11.5. The number of phenols is 1. The van der Waals surface area contributed by atoms with E-state index in [1.54, 1.807) is 17.4 Å². The number of nitrogens with one attached hydrogen (secondary N) is 1. The highest BCUT2D eigenvalue weighted by atomic mass is 32.1. The van der Waals surface area contributed by atoms with E-state index >= 15 is 4.39 Å². The van der Waals surface area contributed by atoms with Crippen LogP contribution in [0.15, 0.2) is 18.2 Å². The number of aromatic hydroxyl groups is 1. The van der Waals surface area contributed by atoms with Gasteiger partial charge >= 0.3 is 0 Å². The molecule has 0 amide bonds. The smallest absolute Gasteiger partial charge is 0.154 e. The first-order chi connectivity index (χ1) is 14.5. The van der Waals surface area contributed by atoms with Crippen molar-refractivity contribution in [3.05, 3.63) is 28.8 Å². The van der Waals surface area contributed by atoms with Crippen LogP contribution in [0.3, 0.4) is 0 Å². The van der Waals surface area contributed by atoms with Crippen molar-refractivity contribution in [1.29, 1.82) is 0 Å². The number of nitrogens with zero attached hydrogens (tertiary/aromatic N) is 4. The fraction of sp³-hybridized carbons (Fsp3) is 0.500. The van der Waals surface area contributed by atoms with Gasteiger partial charge in [0.1, 0.15) is 11.9 Å². The van der Waals surface area contributed by atoms with Crippen molar-refractivity contribution < 1.29 is 9.50 Å². The third-order valence-corrected chi connectivity index (χ3v) is 8.00. The topological polar surface area (TPSA) is 74.2 Å². The molecule has 4 heterocycles. The van der Waals surface area contributed by atoms with Crippen LogP contribution in [0.5, 0.6) is 5.75 Å². The maximum atomic E-state index is 15.5. The van der Waals surface area contributed by atoms with Crippen LogP contribution < -0.4 is 10.2 Å². The number of hydrogen-bond acceptors (Lipinski definition) is 7. The molecule has 2 aromatic heterocycles. The van der Waals surface area contributed by atoms with Gasteiger partial charge in [0.2, 0.25) is 0 Å². The Bertz CT molecular complexity index is 1140. The van der Waals surface area contributed by atoms with Gasteiger partial charge in [-0.1, -0.05) is 0 Å². The van der Waals surface area contributed by atoms with Gasteiger partial charge in [-0.3, -0.25) is 0 Å². The molecule has 2 fully saturated rings. The lowest BCUT2D eigenvalue weighted by molar-refractivity contribution is 0.0248. The first-order valence-electron chi connectivity index (χ1n) is 10.7. The van der Waals surface area contributed by atoms with Crippen LogP contribution in [-0.2, 0) is 6.42 Å². The molecular formula is C22H24FN5OS. The minimum absolute atomic E-state index is 0.143. The second-order valence-electron chi connectivity index (χ2n) is 8.79. The zero-order valence-electron chi connectivity index (χ0n) is 16.9. The maximum absolute atomic E-state index is 15.5. The first kappa shape index (κ1) is 18.4. The summed E-state index contributed by atoms with van der Waals surface area (Å²) in [6.07, 6.45) is 3.67. The van der Waals surface area contributed by atoms with Gasteiger partial charge in [0.25, 0.3) is 0 Å². The van der Waals surface area contributed by atoms with Crippen LogP contribution in [0.25, 0.3) is 21.5 Å². The molecule has 0 bridgehead atoms. The van der Waals surface area contributed by atoms with E-state index in [2.05, 4.69) is 25.4 Å². The second kappa shape index (κ2) is 6.59. The molecule has 0 unspecified atom stereocenters. The van der Waals surface area contributed by atoms with Crippen LogP contribution in [0.1, 0.15) is 36.3 Å². The minimum atomic E-state index is -0.883. The molecule has 3 aliphatic rings. The number of hydrogen-bond donors (Lipinski definition) is 2. The predicted octanol–water partition coefficient (Wildman–Crippen LogP) is 3.75. The molecule has 156 valence electrons. The molecule has 2 N–H and O–H groups in total. The molecule has 0 radical (unpaired) electrons. The number of piperidine rings is 1. The summed E-state index contributed by atoms with van der Waals surface area (Å²) in [5.74, 6) is 0.984. The normalized spacial score (nSPS) is 24.9. The summed E-state index contributed by atoms with van der Waals surface area (Å²) in [4.78, 5) is 6.65. The van der Waals surface area contributed by atoms with E-state index in [4.69, 9.17) is 0 Å². The minimum Gasteiger partial charge on any atom is -0.507 e. The number of fused-ring (bicyclic) bond motifs is 2. The summed E-state index contributed by atoms with van der Waals surface area (Å²) in [6, 6.07) is 5.48. The van der Waals surface area contributed by atoms with Gasteiger partial charge in [-0.25, -0.2) is 9.37 Å². The van der Waals surface area contributed by atoms with E-state index in [9.17, 15) is 5.11 Å². The number of rotatable bonds is 2. The van der Waals surface area contributed by atoms with E-state index in [-0.39, 0.29) is 17.3 Å². The van der Waals surface area contributed by atoms with Crippen molar-refractivity contribution in [2.75, 3.05) is 18.0 Å². The number of aryl methyl sites for hydroxylation is 1. The number of benzene rings is 1.